The lowest BCUT2D eigenvalue weighted by Gasteiger charge is -2.11. The van der Waals surface area contributed by atoms with Crippen LogP contribution in [0.5, 0.6) is 0 Å². The van der Waals surface area contributed by atoms with Crippen LogP contribution >= 0.6 is 0 Å². The lowest BCUT2D eigenvalue weighted by Crippen LogP contribution is -2.01. The molecule has 1 aromatic carbocycles. The van der Waals surface area contributed by atoms with Gasteiger partial charge in [-0.1, -0.05) is 0 Å². The molecule has 0 nitrogen and oxygen atoms in total. The van der Waals surface area contributed by atoms with E-state index in [-0.39, 0.29) is 0 Å². The van der Waals surface area contributed by atoms with Gasteiger partial charge in [-0.05, 0) is 46.2 Å². The molecule has 46 valence electrons. The van der Waals surface area contributed by atoms with E-state index in [2.05, 4.69) is 0 Å². The molecular weight excluding hydrogens is 120 g/mol. The molecular formula is C10H6. The third-order valence-electron chi connectivity index (χ3n) is 3.92. The standard InChI is InChI=1S/C10H6/c1-3-7-5(1)10-4-2-6(8(4)10)9(3)7/h3-4H,1-2H2. The van der Waals surface area contributed by atoms with Crippen LogP contribution in [0.25, 0.3) is 0 Å². The van der Waals surface area contributed by atoms with Gasteiger partial charge in [0.15, 0.2) is 0 Å². The second kappa shape index (κ2) is 0.674. The third-order valence-corrected chi connectivity index (χ3v) is 3.92. The van der Waals surface area contributed by atoms with Crippen molar-refractivity contribution in [3.05, 3.63) is 33.4 Å². The number of hydrogen-bond acceptors (Lipinski definition) is 0. The Morgan fingerprint density at radius 2 is 1.10 bits per heavy atom. The van der Waals surface area contributed by atoms with Crippen molar-refractivity contribution < 1.29 is 0 Å². The maximum atomic E-state index is 1.81. The highest BCUT2D eigenvalue weighted by Crippen LogP contribution is 2.73. The molecule has 0 radical (unpaired) electrons. The minimum atomic E-state index is 0.999. The second-order valence-electron chi connectivity index (χ2n) is 4.13. The molecule has 0 saturated heterocycles. The fourth-order valence-corrected chi connectivity index (χ4v) is 3.31. The van der Waals surface area contributed by atoms with Crippen LogP contribution in [0.1, 0.15) is 45.2 Å². The van der Waals surface area contributed by atoms with Gasteiger partial charge in [0.25, 0.3) is 0 Å². The predicted octanol–water partition coefficient (Wildman–Crippen LogP) is 1.69. The SMILES string of the molecule is C1c2c3c(c4c5c2C5C4)C13. The van der Waals surface area contributed by atoms with Gasteiger partial charge in [-0.15, -0.1) is 0 Å². The topological polar surface area (TPSA) is 0 Å². The molecule has 0 saturated carbocycles. The van der Waals surface area contributed by atoms with Crippen LogP contribution in [0.2, 0.25) is 0 Å². The second-order valence-corrected chi connectivity index (χ2v) is 4.13. The first-order valence-electron chi connectivity index (χ1n) is 4.18. The van der Waals surface area contributed by atoms with Crippen LogP contribution in [0.15, 0.2) is 0 Å². The summed E-state index contributed by atoms with van der Waals surface area (Å²) in [5.41, 5.74) is 10.8. The minimum Gasteiger partial charge on any atom is -0.0388 e. The Kier molecular flexibility index (Phi) is 0.240. The molecule has 4 aliphatic rings. The van der Waals surface area contributed by atoms with Gasteiger partial charge in [0.1, 0.15) is 0 Å². The summed E-state index contributed by atoms with van der Waals surface area (Å²) >= 11 is 0. The van der Waals surface area contributed by atoms with Crippen molar-refractivity contribution in [2.24, 2.45) is 0 Å². The summed E-state index contributed by atoms with van der Waals surface area (Å²) in [7, 11) is 0. The Morgan fingerprint density at radius 3 is 1.50 bits per heavy atom. The fourth-order valence-electron chi connectivity index (χ4n) is 3.31. The molecule has 1 aromatic rings. The fraction of sp³-hybridized carbons (Fsp3) is 0.400. The zero-order valence-corrected chi connectivity index (χ0v) is 5.57. The van der Waals surface area contributed by atoms with Crippen molar-refractivity contribution in [3.63, 3.8) is 0 Å². The highest BCUT2D eigenvalue weighted by molar-refractivity contribution is 5.85. The maximum absolute atomic E-state index is 1.81. The van der Waals surface area contributed by atoms with E-state index in [9.17, 15) is 0 Å². The summed E-state index contributed by atoms with van der Waals surface area (Å²) < 4.78 is 0. The van der Waals surface area contributed by atoms with Crippen LogP contribution < -0.4 is 0 Å². The number of benzene rings is 1. The van der Waals surface area contributed by atoms with E-state index < -0.39 is 0 Å². The molecule has 0 heteroatoms. The van der Waals surface area contributed by atoms with Crippen LogP contribution in [0.3, 0.4) is 0 Å². The zero-order valence-electron chi connectivity index (χ0n) is 5.57. The van der Waals surface area contributed by atoms with Crippen molar-refractivity contribution in [2.75, 3.05) is 0 Å². The summed E-state index contributed by atoms with van der Waals surface area (Å²) in [5.74, 6) is 2.00. The summed E-state index contributed by atoms with van der Waals surface area (Å²) in [6.07, 6.45) is 2.87. The zero-order chi connectivity index (χ0) is 6.03. The molecule has 10 heavy (non-hydrogen) atoms. The van der Waals surface area contributed by atoms with E-state index in [1.165, 1.54) is 12.8 Å². The Balaban J connectivity index is 2.25. The smallest absolute Gasteiger partial charge is 0.0142 e. The van der Waals surface area contributed by atoms with E-state index in [4.69, 9.17) is 0 Å². The van der Waals surface area contributed by atoms with Gasteiger partial charge >= 0.3 is 0 Å². The molecule has 0 heterocycles. The largest absolute Gasteiger partial charge is 0.0388 e. The van der Waals surface area contributed by atoms with Gasteiger partial charge in [0.2, 0.25) is 0 Å². The number of rotatable bonds is 0. The first-order valence-corrected chi connectivity index (χ1v) is 4.18. The average molecular weight is 126 g/mol. The van der Waals surface area contributed by atoms with Gasteiger partial charge in [0.05, 0.1) is 0 Å². The average Bonchev–Trinajstić information content (AvgIpc) is 2.45. The van der Waals surface area contributed by atoms with Gasteiger partial charge in [-0.25, -0.2) is 0 Å². The van der Waals surface area contributed by atoms with E-state index in [1.807, 2.05) is 11.1 Å². The van der Waals surface area contributed by atoms with Crippen LogP contribution in [-0.4, -0.2) is 0 Å². The molecule has 0 aliphatic heterocycles. The molecule has 4 aliphatic carbocycles. The minimum absolute atomic E-state index is 0.999. The number of fused-ring (bicyclic) bond motifs is 4. The molecule has 5 rings (SSSR count). The molecule has 0 spiro atoms. The molecule has 0 N–H and O–H groups in total. The van der Waals surface area contributed by atoms with Crippen molar-refractivity contribution >= 4 is 0 Å². The molecule has 0 amide bonds. The quantitative estimate of drug-likeness (QED) is 0.496. The van der Waals surface area contributed by atoms with E-state index in [1.54, 1.807) is 22.3 Å². The van der Waals surface area contributed by atoms with E-state index >= 15 is 0 Å². The van der Waals surface area contributed by atoms with Crippen molar-refractivity contribution in [1.29, 1.82) is 0 Å². The molecule has 0 bridgehead atoms. The first kappa shape index (κ1) is 3.56. The Hall–Kier alpha value is -0.780. The first-order chi connectivity index (χ1) is 4.97. The highest BCUT2D eigenvalue weighted by Gasteiger charge is 2.60. The van der Waals surface area contributed by atoms with Gasteiger partial charge in [-0.3, -0.25) is 0 Å². The maximum Gasteiger partial charge on any atom is 0.0142 e. The monoisotopic (exact) mass is 126 g/mol. The van der Waals surface area contributed by atoms with Crippen LogP contribution in [-0.2, 0) is 12.8 Å². The van der Waals surface area contributed by atoms with Gasteiger partial charge in [0, 0.05) is 11.8 Å². The van der Waals surface area contributed by atoms with Crippen LogP contribution in [0.4, 0.5) is 0 Å². The molecule has 0 unspecified atom stereocenters. The predicted molar refractivity (Wildman–Crippen MR) is 37.5 cm³/mol. The molecule has 0 atom stereocenters. The summed E-state index contributed by atoms with van der Waals surface area (Å²) in [4.78, 5) is 0. The summed E-state index contributed by atoms with van der Waals surface area (Å²) in [6, 6.07) is 0. The normalized spacial score (nSPS) is 37.2. The van der Waals surface area contributed by atoms with Crippen molar-refractivity contribution in [2.45, 2.75) is 24.7 Å². The summed E-state index contributed by atoms with van der Waals surface area (Å²) in [6.45, 7) is 0. The van der Waals surface area contributed by atoms with Crippen molar-refractivity contribution in [3.8, 4) is 0 Å². The van der Waals surface area contributed by atoms with Gasteiger partial charge < -0.3 is 0 Å². The van der Waals surface area contributed by atoms with E-state index in [0.717, 1.165) is 11.8 Å². The molecule has 0 fully saturated rings. The Morgan fingerprint density at radius 1 is 0.700 bits per heavy atom. The Bertz CT molecular complexity index is 385. The summed E-state index contributed by atoms with van der Waals surface area (Å²) in [5, 5.41) is 0. The Labute approximate surface area is 58.9 Å². The van der Waals surface area contributed by atoms with Gasteiger partial charge in [-0.2, -0.15) is 0 Å². The lowest BCUT2D eigenvalue weighted by atomic mass is 9.92. The number of hydrogen-bond donors (Lipinski definition) is 0. The molecule has 0 aromatic heterocycles. The van der Waals surface area contributed by atoms with Crippen molar-refractivity contribution in [1.82, 2.24) is 0 Å². The third kappa shape index (κ3) is 0.150. The highest BCUT2D eigenvalue weighted by atomic mass is 14.6. The van der Waals surface area contributed by atoms with Crippen LogP contribution in [0, 0.1) is 0 Å². The van der Waals surface area contributed by atoms with E-state index in [0.29, 0.717) is 0 Å². The lowest BCUT2D eigenvalue weighted by molar-refractivity contribution is 0.794.